The first kappa shape index (κ1) is 23.3. The number of rotatable bonds is 9. The Kier molecular flexibility index (Phi) is 10.4. The van der Waals surface area contributed by atoms with E-state index in [1.54, 1.807) is 12.1 Å². The third kappa shape index (κ3) is 7.05. The Morgan fingerprint density at radius 2 is 1.52 bits per heavy atom. The molecule has 2 aromatic carbocycles. The SMILES string of the molecule is CCCCCc1cc(CCCCC)c2cc(S(=O)(=O)[O-])ccc2c1.[K+]. The van der Waals surface area contributed by atoms with Gasteiger partial charge in [0.05, 0.1) is 4.90 Å². The molecule has 2 rings (SSSR count). The topological polar surface area (TPSA) is 57.2 Å². The molecule has 0 aliphatic heterocycles. The van der Waals surface area contributed by atoms with Crippen molar-refractivity contribution in [3.8, 4) is 0 Å². The first-order valence-corrected chi connectivity index (χ1v) is 10.4. The van der Waals surface area contributed by atoms with E-state index in [9.17, 15) is 13.0 Å². The van der Waals surface area contributed by atoms with Crippen LogP contribution in [0, 0.1) is 0 Å². The molecule has 0 saturated carbocycles. The van der Waals surface area contributed by atoms with Crippen LogP contribution in [0.4, 0.5) is 0 Å². The minimum atomic E-state index is -4.41. The van der Waals surface area contributed by atoms with Crippen LogP contribution in [0.25, 0.3) is 10.8 Å². The first-order chi connectivity index (χ1) is 11.5. The van der Waals surface area contributed by atoms with Crippen LogP contribution in [-0.4, -0.2) is 13.0 Å². The van der Waals surface area contributed by atoms with Gasteiger partial charge in [0, 0.05) is 0 Å². The van der Waals surface area contributed by atoms with Crippen LogP contribution in [-0.2, 0) is 23.0 Å². The van der Waals surface area contributed by atoms with Crippen LogP contribution in [0.3, 0.4) is 0 Å². The summed E-state index contributed by atoms with van der Waals surface area (Å²) in [5.74, 6) is 0. The van der Waals surface area contributed by atoms with Crippen LogP contribution in [0.5, 0.6) is 0 Å². The zero-order chi connectivity index (χ0) is 17.6. The van der Waals surface area contributed by atoms with Crippen LogP contribution < -0.4 is 51.4 Å². The molecule has 0 bridgehead atoms. The van der Waals surface area contributed by atoms with Gasteiger partial charge in [-0.05, 0) is 59.7 Å². The van der Waals surface area contributed by atoms with Crippen molar-refractivity contribution >= 4 is 20.9 Å². The average molecular weight is 387 g/mol. The average Bonchev–Trinajstić information content (AvgIpc) is 2.54. The van der Waals surface area contributed by atoms with Gasteiger partial charge in [0.2, 0.25) is 0 Å². The molecular formula is C20H27KO3S. The Labute approximate surface area is 194 Å². The maximum absolute atomic E-state index is 11.3. The third-order valence-corrected chi connectivity index (χ3v) is 5.31. The van der Waals surface area contributed by atoms with Gasteiger partial charge >= 0.3 is 51.4 Å². The molecule has 132 valence electrons. The molecule has 0 aliphatic rings. The molecule has 0 fully saturated rings. The van der Waals surface area contributed by atoms with E-state index in [1.165, 1.54) is 30.9 Å². The standard InChI is InChI=1S/C20H28O3S.K/c1-3-5-7-9-16-13-17(10-8-6-4-2)20-15-19(24(21,22)23)12-11-18(20)14-16;/h11-15H,3-10H2,1-2H3,(H,21,22,23);/q;+1/p-1. The summed E-state index contributed by atoms with van der Waals surface area (Å²) in [6.07, 6.45) is 8.94. The predicted molar refractivity (Wildman–Crippen MR) is 98.4 cm³/mol. The number of benzene rings is 2. The van der Waals surface area contributed by atoms with Gasteiger partial charge in [-0.3, -0.25) is 0 Å². The molecular weight excluding hydrogens is 359 g/mol. The molecule has 0 N–H and O–H groups in total. The maximum Gasteiger partial charge on any atom is 1.00 e. The van der Waals surface area contributed by atoms with Gasteiger partial charge < -0.3 is 4.55 Å². The number of hydrogen-bond donors (Lipinski definition) is 0. The summed E-state index contributed by atoms with van der Waals surface area (Å²) in [5.41, 5.74) is 2.47. The Morgan fingerprint density at radius 3 is 2.12 bits per heavy atom. The summed E-state index contributed by atoms with van der Waals surface area (Å²) < 4.78 is 34.0. The molecule has 0 spiro atoms. The summed E-state index contributed by atoms with van der Waals surface area (Å²) in [4.78, 5) is -0.134. The zero-order valence-electron chi connectivity index (χ0n) is 15.7. The van der Waals surface area contributed by atoms with E-state index >= 15 is 0 Å². The molecule has 0 aliphatic carbocycles. The molecule has 5 heteroatoms. The second-order valence-electron chi connectivity index (χ2n) is 6.51. The Bertz CT molecular complexity index is 785. The molecule has 2 aromatic rings. The van der Waals surface area contributed by atoms with Crippen molar-refractivity contribution in [2.24, 2.45) is 0 Å². The molecule has 0 saturated heterocycles. The van der Waals surface area contributed by atoms with Crippen molar-refractivity contribution in [3.05, 3.63) is 41.5 Å². The summed E-state index contributed by atoms with van der Waals surface area (Å²) in [6, 6.07) is 9.09. The van der Waals surface area contributed by atoms with Crippen molar-refractivity contribution < 1.29 is 64.4 Å². The molecule has 3 nitrogen and oxygen atoms in total. The normalized spacial score (nSPS) is 11.5. The van der Waals surface area contributed by atoms with Crippen LogP contribution >= 0.6 is 0 Å². The quantitative estimate of drug-likeness (QED) is 0.377. The molecule has 0 heterocycles. The fraction of sp³-hybridized carbons (Fsp3) is 0.500. The van der Waals surface area contributed by atoms with Gasteiger partial charge in [-0.15, -0.1) is 0 Å². The zero-order valence-corrected chi connectivity index (χ0v) is 19.6. The second kappa shape index (κ2) is 11.2. The number of fused-ring (bicyclic) bond motifs is 1. The minimum absolute atomic E-state index is 0. The monoisotopic (exact) mass is 386 g/mol. The van der Waals surface area contributed by atoms with E-state index in [0.717, 1.165) is 48.4 Å². The van der Waals surface area contributed by atoms with Crippen molar-refractivity contribution in [2.45, 2.75) is 70.1 Å². The van der Waals surface area contributed by atoms with E-state index in [2.05, 4.69) is 26.0 Å². The molecule has 0 amide bonds. The number of hydrogen-bond acceptors (Lipinski definition) is 3. The molecule has 0 aromatic heterocycles. The summed E-state index contributed by atoms with van der Waals surface area (Å²) in [7, 11) is -4.41. The van der Waals surface area contributed by atoms with E-state index in [-0.39, 0.29) is 56.3 Å². The summed E-state index contributed by atoms with van der Waals surface area (Å²) in [5, 5.41) is 1.94. The van der Waals surface area contributed by atoms with Gasteiger partial charge in [0.1, 0.15) is 10.1 Å². The Morgan fingerprint density at radius 1 is 0.880 bits per heavy atom. The minimum Gasteiger partial charge on any atom is -0.744 e. The predicted octanol–water partition coefficient (Wildman–Crippen LogP) is 2.21. The second-order valence-corrected chi connectivity index (χ2v) is 7.89. The fourth-order valence-electron chi connectivity index (χ4n) is 3.13. The van der Waals surface area contributed by atoms with Crippen LogP contribution in [0.1, 0.15) is 63.5 Å². The van der Waals surface area contributed by atoms with Gasteiger partial charge in [-0.25, -0.2) is 8.42 Å². The van der Waals surface area contributed by atoms with Crippen LogP contribution in [0.15, 0.2) is 35.2 Å². The number of unbranched alkanes of at least 4 members (excludes halogenated alkanes) is 4. The molecule has 25 heavy (non-hydrogen) atoms. The van der Waals surface area contributed by atoms with Crippen molar-refractivity contribution in [1.29, 1.82) is 0 Å². The molecule has 0 unspecified atom stereocenters. The number of aryl methyl sites for hydroxylation is 2. The van der Waals surface area contributed by atoms with Crippen molar-refractivity contribution in [3.63, 3.8) is 0 Å². The van der Waals surface area contributed by atoms with Crippen LogP contribution in [0.2, 0.25) is 0 Å². The Hall–Kier alpha value is 0.246. The fourth-order valence-corrected chi connectivity index (χ4v) is 3.63. The van der Waals surface area contributed by atoms with E-state index in [4.69, 9.17) is 0 Å². The molecule has 0 atom stereocenters. The first-order valence-electron chi connectivity index (χ1n) is 8.97. The third-order valence-electron chi connectivity index (χ3n) is 4.48. The van der Waals surface area contributed by atoms with Gasteiger partial charge in [0.15, 0.2) is 0 Å². The van der Waals surface area contributed by atoms with Gasteiger partial charge in [0.25, 0.3) is 0 Å². The van der Waals surface area contributed by atoms with E-state index in [1.807, 2.05) is 0 Å². The Balaban J connectivity index is 0.00000312. The van der Waals surface area contributed by atoms with Crippen molar-refractivity contribution in [1.82, 2.24) is 0 Å². The largest absolute Gasteiger partial charge is 1.00 e. The van der Waals surface area contributed by atoms with E-state index < -0.39 is 10.1 Å². The summed E-state index contributed by atoms with van der Waals surface area (Å²) >= 11 is 0. The van der Waals surface area contributed by atoms with E-state index in [0.29, 0.717) is 0 Å². The van der Waals surface area contributed by atoms with Gasteiger partial charge in [-0.1, -0.05) is 57.7 Å². The summed E-state index contributed by atoms with van der Waals surface area (Å²) in [6.45, 7) is 4.36. The van der Waals surface area contributed by atoms with Crippen molar-refractivity contribution in [2.75, 3.05) is 0 Å². The van der Waals surface area contributed by atoms with Gasteiger partial charge in [-0.2, -0.15) is 0 Å². The molecule has 0 radical (unpaired) electrons. The maximum atomic E-state index is 11.3. The smallest absolute Gasteiger partial charge is 0.744 e.